The lowest BCUT2D eigenvalue weighted by Crippen LogP contribution is -2.26. The highest BCUT2D eigenvalue weighted by atomic mass is 19.1. The summed E-state index contributed by atoms with van der Waals surface area (Å²) in [5.41, 5.74) is 10.5. The van der Waals surface area contributed by atoms with Crippen molar-refractivity contribution in [1.29, 1.82) is 0 Å². The Hall–Kier alpha value is -4.65. The number of anilines is 1. The second kappa shape index (κ2) is 11.0. The molecule has 12 nitrogen and oxygen atoms in total. The molecule has 0 saturated carbocycles. The van der Waals surface area contributed by atoms with Gasteiger partial charge < -0.3 is 10.5 Å². The van der Waals surface area contributed by atoms with Crippen molar-refractivity contribution in [1.82, 2.24) is 35.6 Å². The smallest absolute Gasteiger partial charge is 0.292 e. The maximum atomic E-state index is 13.1. The Balaban J connectivity index is 1.24. The number of hydrazone groups is 1. The number of hydrogen-bond donors (Lipinski definition) is 2. The molecule has 0 bridgehead atoms. The molecule has 2 aromatic heterocycles. The van der Waals surface area contributed by atoms with E-state index in [9.17, 15) is 9.18 Å². The van der Waals surface area contributed by atoms with Crippen LogP contribution in [0.5, 0.6) is 5.75 Å². The molecule has 190 valence electrons. The first kappa shape index (κ1) is 24.1. The van der Waals surface area contributed by atoms with Crippen LogP contribution >= 0.6 is 0 Å². The first-order valence-corrected chi connectivity index (χ1v) is 11.6. The molecule has 1 amide bonds. The number of nitrogens with zero attached hydrogens (tertiary/aromatic N) is 7. The summed E-state index contributed by atoms with van der Waals surface area (Å²) >= 11 is 0. The third kappa shape index (κ3) is 5.78. The van der Waals surface area contributed by atoms with Gasteiger partial charge in [-0.25, -0.2) is 14.4 Å². The predicted octanol–water partition coefficient (Wildman–Crippen LogP) is 2.31. The van der Waals surface area contributed by atoms with Crippen LogP contribution in [0.4, 0.5) is 10.2 Å². The Bertz CT molecular complexity index is 1380. The van der Waals surface area contributed by atoms with Crippen LogP contribution in [0.25, 0.3) is 5.82 Å². The molecule has 0 atom stereocenters. The molecule has 1 aliphatic rings. The standard InChI is InChI=1S/C24H24FN9O3/c25-18-7-3-17(4-8-18)15-36-19-9-5-16(6-10-19)13-27-29-24(35)21-20(14-33-11-1-2-12-33)28-32-34(21)23-22(26)30-37-31-23/h3-10,13H,1-2,11-12,14-15H2,(H2,26,30)(H,29,35)/b27-13+. The number of nitrogens with one attached hydrogen (secondary N) is 1. The van der Waals surface area contributed by atoms with E-state index in [-0.39, 0.29) is 23.1 Å². The monoisotopic (exact) mass is 505 g/mol. The SMILES string of the molecule is Nc1nonc1-n1nnc(CN2CCCC2)c1C(=O)N/N=C/c1ccc(OCc2ccc(F)cc2)cc1. The van der Waals surface area contributed by atoms with Crippen LogP contribution in [0, 0.1) is 5.82 Å². The molecule has 1 fully saturated rings. The molecule has 4 aromatic rings. The average Bonchev–Trinajstić information content (AvgIpc) is 3.66. The third-order valence-electron chi connectivity index (χ3n) is 5.80. The molecule has 3 N–H and O–H groups in total. The molecule has 0 unspecified atom stereocenters. The van der Waals surface area contributed by atoms with Crippen molar-refractivity contribution in [3.05, 3.63) is 76.9 Å². The summed E-state index contributed by atoms with van der Waals surface area (Å²) in [5, 5.41) is 19.6. The van der Waals surface area contributed by atoms with Crippen LogP contribution in [-0.4, -0.2) is 55.4 Å². The van der Waals surface area contributed by atoms with Gasteiger partial charge in [0.15, 0.2) is 5.69 Å². The van der Waals surface area contributed by atoms with Gasteiger partial charge in [0.25, 0.3) is 5.91 Å². The molecular formula is C24H24FN9O3. The topological polar surface area (TPSA) is 150 Å². The highest BCUT2D eigenvalue weighted by Crippen LogP contribution is 2.19. The van der Waals surface area contributed by atoms with E-state index in [0.717, 1.165) is 37.1 Å². The van der Waals surface area contributed by atoms with Crippen LogP contribution in [-0.2, 0) is 13.2 Å². The first-order chi connectivity index (χ1) is 18.1. The zero-order valence-corrected chi connectivity index (χ0v) is 19.7. The van der Waals surface area contributed by atoms with Gasteiger partial charge in [-0.15, -0.1) is 5.10 Å². The first-order valence-electron chi connectivity index (χ1n) is 11.6. The molecular weight excluding hydrogens is 481 g/mol. The van der Waals surface area contributed by atoms with E-state index >= 15 is 0 Å². The number of aromatic nitrogens is 5. The lowest BCUT2D eigenvalue weighted by molar-refractivity contribution is 0.0945. The highest BCUT2D eigenvalue weighted by Gasteiger charge is 2.26. The summed E-state index contributed by atoms with van der Waals surface area (Å²) in [5.74, 6) is -0.118. The molecule has 1 aliphatic heterocycles. The Morgan fingerprint density at radius 1 is 1.14 bits per heavy atom. The van der Waals surface area contributed by atoms with Crippen molar-refractivity contribution in [2.75, 3.05) is 18.8 Å². The zero-order valence-electron chi connectivity index (χ0n) is 19.7. The number of halogens is 1. The van der Waals surface area contributed by atoms with E-state index < -0.39 is 5.91 Å². The van der Waals surface area contributed by atoms with E-state index in [4.69, 9.17) is 10.5 Å². The fourth-order valence-corrected chi connectivity index (χ4v) is 3.90. The minimum Gasteiger partial charge on any atom is -0.489 e. The summed E-state index contributed by atoms with van der Waals surface area (Å²) in [6.07, 6.45) is 3.69. The van der Waals surface area contributed by atoms with Crippen LogP contribution < -0.4 is 15.9 Å². The number of likely N-dealkylation sites (tertiary alicyclic amines) is 1. The van der Waals surface area contributed by atoms with Crippen molar-refractivity contribution >= 4 is 17.9 Å². The highest BCUT2D eigenvalue weighted by molar-refractivity contribution is 5.95. The van der Waals surface area contributed by atoms with Gasteiger partial charge in [0, 0.05) is 6.54 Å². The predicted molar refractivity (Wildman–Crippen MR) is 130 cm³/mol. The van der Waals surface area contributed by atoms with Crippen molar-refractivity contribution in [2.24, 2.45) is 5.10 Å². The molecule has 37 heavy (non-hydrogen) atoms. The number of carbonyl (C=O) groups excluding carboxylic acids is 1. The van der Waals surface area contributed by atoms with Crippen LogP contribution in [0.3, 0.4) is 0 Å². The lowest BCUT2D eigenvalue weighted by atomic mass is 10.2. The lowest BCUT2D eigenvalue weighted by Gasteiger charge is -2.13. The summed E-state index contributed by atoms with van der Waals surface area (Å²) < 4.78 is 24.6. The van der Waals surface area contributed by atoms with Gasteiger partial charge in [0.1, 0.15) is 23.9 Å². The minimum absolute atomic E-state index is 0.0167. The molecule has 5 rings (SSSR count). The van der Waals surface area contributed by atoms with Gasteiger partial charge in [-0.05, 0) is 83.8 Å². The fraction of sp³-hybridized carbons (Fsp3) is 0.250. The van der Waals surface area contributed by atoms with Crippen LogP contribution in [0.15, 0.2) is 58.3 Å². The van der Waals surface area contributed by atoms with Crippen molar-refractivity contribution in [2.45, 2.75) is 26.0 Å². The largest absolute Gasteiger partial charge is 0.489 e. The second-order valence-corrected chi connectivity index (χ2v) is 8.44. The average molecular weight is 506 g/mol. The van der Waals surface area contributed by atoms with Gasteiger partial charge in [-0.1, -0.05) is 17.3 Å². The van der Waals surface area contributed by atoms with Gasteiger partial charge in [-0.2, -0.15) is 9.78 Å². The Morgan fingerprint density at radius 3 is 2.59 bits per heavy atom. The number of amides is 1. The Morgan fingerprint density at radius 2 is 1.89 bits per heavy atom. The van der Waals surface area contributed by atoms with Crippen molar-refractivity contribution < 1.29 is 18.6 Å². The van der Waals surface area contributed by atoms with E-state index in [1.807, 2.05) is 0 Å². The Kier molecular flexibility index (Phi) is 7.12. The number of nitrogens with two attached hydrogens (primary N) is 1. The third-order valence-corrected chi connectivity index (χ3v) is 5.80. The Labute approximate surface area is 210 Å². The summed E-state index contributed by atoms with van der Waals surface area (Å²) in [6.45, 7) is 2.61. The summed E-state index contributed by atoms with van der Waals surface area (Å²) in [4.78, 5) is 15.3. The minimum atomic E-state index is -0.530. The normalized spacial score (nSPS) is 13.9. The molecule has 0 spiro atoms. The summed E-state index contributed by atoms with van der Waals surface area (Å²) in [7, 11) is 0. The molecule has 0 radical (unpaired) electrons. The molecule has 0 aliphatic carbocycles. The van der Waals surface area contributed by atoms with Crippen molar-refractivity contribution in [3.63, 3.8) is 0 Å². The maximum absolute atomic E-state index is 13.1. The van der Waals surface area contributed by atoms with Crippen LogP contribution in [0.2, 0.25) is 0 Å². The molecule has 3 heterocycles. The number of benzene rings is 2. The van der Waals surface area contributed by atoms with Gasteiger partial charge in [0.05, 0.1) is 6.21 Å². The zero-order chi connectivity index (χ0) is 25.6. The fourth-order valence-electron chi connectivity index (χ4n) is 3.90. The van der Waals surface area contributed by atoms with E-state index in [0.29, 0.717) is 24.6 Å². The van der Waals surface area contributed by atoms with E-state index in [1.54, 1.807) is 36.4 Å². The molecule has 2 aromatic carbocycles. The number of carbonyl (C=O) groups is 1. The van der Waals surface area contributed by atoms with Gasteiger partial charge >= 0.3 is 0 Å². The van der Waals surface area contributed by atoms with Crippen LogP contribution in [0.1, 0.15) is 40.2 Å². The number of hydrogen-bond acceptors (Lipinski definition) is 10. The summed E-state index contributed by atoms with van der Waals surface area (Å²) in [6, 6.07) is 13.3. The van der Waals surface area contributed by atoms with E-state index in [2.05, 4.69) is 40.7 Å². The molecule has 1 saturated heterocycles. The second-order valence-electron chi connectivity index (χ2n) is 8.44. The van der Waals surface area contributed by atoms with Gasteiger partial charge in [0.2, 0.25) is 11.6 Å². The maximum Gasteiger partial charge on any atom is 0.292 e. The van der Waals surface area contributed by atoms with Crippen molar-refractivity contribution in [3.8, 4) is 11.6 Å². The van der Waals surface area contributed by atoms with E-state index in [1.165, 1.54) is 23.0 Å². The number of nitrogen functional groups attached to an aromatic ring is 1. The van der Waals surface area contributed by atoms with Gasteiger partial charge in [-0.3, -0.25) is 9.69 Å². The number of rotatable bonds is 9. The number of ether oxygens (including phenoxy) is 1. The molecule has 13 heteroatoms. The quantitative estimate of drug-likeness (QED) is 0.258.